The van der Waals surface area contributed by atoms with E-state index in [1.807, 2.05) is 12.1 Å². The van der Waals surface area contributed by atoms with Crippen molar-refractivity contribution in [2.45, 2.75) is 20.0 Å². The second-order valence-corrected chi connectivity index (χ2v) is 5.16. The molecule has 0 aliphatic rings. The van der Waals surface area contributed by atoms with Crippen LogP contribution in [0.15, 0.2) is 48.5 Å². The number of aryl methyl sites for hydroxylation is 1. The van der Waals surface area contributed by atoms with Gasteiger partial charge in [-0.1, -0.05) is 31.2 Å². The highest BCUT2D eigenvalue weighted by Crippen LogP contribution is 2.12. The summed E-state index contributed by atoms with van der Waals surface area (Å²) < 4.78 is 9.85. The highest BCUT2D eigenvalue weighted by atomic mass is 16.5. The normalized spacial score (nSPS) is 9.62. The molecule has 7 nitrogen and oxygen atoms in total. The molecule has 0 unspecified atom stereocenters. The number of ether oxygens (including phenoxy) is 2. The zero-order valence-electron chi connectivity index (χ0n) is 14.4. The number of carboxylic acid groups (broad SMARTS) is 2. The Bertz CT molecular complexity index is 617. The van der Waals surface area contributed by atoms with Crippen molar-refractivity contribution in [3.8, 4) is 11.5 Å². The van der Waals surface area contributed by atoms with Crippen molar-refractivity contribution in [1.29, 1.82) is 0 Å². The van der Waals surface area contributed by atoms with Crippen molar-refractivity contribution in [2.75, 3.05) is 13.2 Å². The molecule has 140 valence electrons. The van der Waals surface area contributed by atoms with Gasteiger partial charge in [0.25, 0.3) is 0 Å². The van der Waals surface area contributed by atoms with Crippen LogP contribution in [-0.2, 0) is 22.6 Å². The van der Waals surface area contributed by atoms with Crippen LogP contribution in [0.4, 0.5) is 0 Å². The van der Waals surface area contributed by atoms with Crippen molar-refractivity contribution in [3.05, 3.63) is 59.7 Å². The van der Waals surface area contributed by atoms with Crippen LogP contribution in [0.1, 0.15) is 18.1 Å². The first kappa shape index (κ1) is 21.0. The van der Waals surface area contributed by atoms with Gasteiger partial charge < -0.3 is 24.8 Å². The summed E-state index contributed by atoms with van der Waals surface area (Å²) in [6, 6.07) is 14.0. The smallest absolute Gasteiger partial charge is 0.341 e. The number of carbonyl (C=O) groups is 2. The monoisotopic (exact) mass is 362 g/mol. The molecule has 0 aromatic heterocycles. The van der Waals surface area contributed by atoms with E-state index in [-0.39, 0.29) is 19.8 Å². The highest BCUT2D eigenvalue weighted by Gasteiger charge is 1.99. The quantitative estimate of drug-likeness (QED) is 0.660. The molecule has 0 bridgehead atoms. The number of aliphatic carboxylic acids is 2. The molecule has 0 amide bonds. The lowest BCUT2D eigenvalue weighted by Crippen LogP contribution is -2.09. The number of aliphatic hydroxyl groups excluding tert-OH is 1. The van der Waals surface area contributed by atoms with E-state index in [0.717, 1.165) is 12.0 Å². The van der Waals surface area contributed by atoms with Gasteiger partial charge in [-0.05, 0) is 41.8 Å². The van der Waals surface area contributed by atoms with Crippen molar-refractivity contribution < 1.29 is 34.4 Å². The number of aliphatic hydroxyl groups is 1. The average molecular weight is 362 g/mol. The molecule has 0 fully saturated rings. The molecule has 2 aromatic rings. The third kappa shape index (κ3) is 8.70. The van der Waals surface area contributed by atoms with E-state index in [1.165, 1.54) is 5.56 Å². The zero-order chi connectivity index (χ0) is 19.4. The van der Waals surface area contributed by atoms with Crippen LogP contribution in [0.2, 0.25) is 0 Å². The summed E-state index contributed by atoms with van der Waals surface area (Å²) in [6.45, 7) is 1.40. The van der Waals surface area contributed by atoms with Crippen LogP contribution in [-0.4, -0.2) is 40.5 Å². The molecular weight excluding hydrogens is 340 g/mol. The molecule has 2 aromatic carbocycles. The third-order valence-electron chi connectivity index (χ3n) is 3.16. The summed E-state index contributed by atoms with van der Waals surface area (Å²) in [7, 11) is 0. The van der Waals surface area contributed by atoms with Gasteiger partial charge in [0.1, 0.15) is 11.5 Å². The van der Waals surface area contributed by atoms with Crippen LogP contribution in [0.5, 0.6) is 11.5 Å². The summed E-state index contributed by atoms with van der Waals surface area (Å²) >= 11 is 0. The topological polar surface area (TPSA) is 113 Å². The molecule has 0 atom stereocenters. The van der Waals surface area contributed by atoms with Crippen LogP contribution in [0.25, 0.3) is 0 Å². The Hall–Kier alpha value is -3.06. The lowest BCUT2D eigenvalue weighted by molar-refractivity contribution is -0.140. The second kappa shape index (κ2) is 11.5. The Balaban J connectivity index is 0.000000260. The number of hydrogen-bond donors (Lipinski definition) is 3. The predicted octanol–water partition coefficient (Wildman–Crippen LogP) is 2.35. The summed E-state index contributed by atoms with van der Waals surface area (Å²) in [6.07, 6.45) is 0.971. The molecule has 0 saturated heterocycles. The van der Waals surface area contributed by atoms with E-state index in [0.29, 0.717) is 11.5 Å². The largest absolute Gasteiger partial charge is 0.482 e. The Morgan fingerprint density at radius 2 is 1.15 bits per heavy atom. The molecule has 0 radical (unpaired) electrons. The van der Waals surface area contributed by atoms with Crippen LogP contribution >= 0.6 is 0 Å². The summed E-state index contributed by atoms with van der Waals surface area (Å²) in [4.78, 5) is 20.3. The minimum absolute atomic E-state index is 0.0286. The lowest BCUT2D eigenvalue weighted by atomic mass is 10.2. The average Bonchev–Trinajstić information content (AvgIpc) is 2.66. The first-order valence-electron chi connectivity index (χ1n) is 7.92. The molecule has 3 N–H and O–H groups in total. The van der Waals surface area contributed by atoms with E-state index in [4.69, 9.17) is 24.8 Å². The van der Waals surface area contributed by atoms with Gasteiger partial charge >= 0.3 is 11.9 Å². The maximum atomic E-state index is 10.2. The van der Waals surface area contributed by atoms with Gasteiger partial charge in [0.05, 0.1) is 6.61 Å². The molecule has 0 spiro atoms. The van der Waals surface area contributed by atoms with Crippen molar-refractivity contribution in [3.63, 3.8) is 0 Å². The van der Waals surface area contributed by atoms with Crippen LogP contribution < -0.4 is 9.47 Å². The predicted molar refractivity (Wildman–Crippen MR) is 94.4 cm³/mol. The van der Waals surface area contributed by atoms with Gasteiger partial charge in [-0.25, -0.2) is 9.59 Å². The fourth-order valence-corrected chi connectivity index (χ4v) is 1.80. The maximum Gasteiger partial charge on any atom is 0.341 e. The first-order valence-corrected chi connectivity index (χ1v) is 7.92. The minimum Gasteiger partial charge on any atom is -0.482 e. The summed E-state index contributed by atoms with van der Waals surface area (Å²) in [5.41, 5.74) is 1.98. The third-order valence-corrected chi connectivity index (χ3v) is 3.16. The van der Waals surface area contributed by atoms with Gasteiger partial charge in [0.15, 0.2) is 13.2 Å². The van der Waals surface area contributed by atoms with Gasteiger partial charge in [-0.15, -0.1) is 0 Å². The molecule has 7 heteroatoms. The highest BCUT2D eigenvalue weighted by molar-refractivity contribution is 5.68. The molecular formula is C19H22O7. The summed E-state index contributed by atoms with van der Waals surface area (Å²) in [5.74, 6) is -0.884. The second-order valence-electron chi connectivity index (χ2n) is 5.16. The number of rotatable bonds is 8. The number of benzene rings is 2. The molecule has 2 rings (SSSR count). The van der Waals surface area contributed by atoms with E-state index in [2.05, 4.69) is 6.92 Å². The van der Waals surface area contributed by atoms with Gasteiger partial charge in [-0.2, -0.15) is 0 Å². The molecule has 0 saturated carbocycles. The molecule has 26 heavy (non-hydrogen) atoms. The zero-order valence-corrected chi connectivity index (χ0v) is 14.4. The van der Waals surface area contributed by atoms with Crippen molar-refractivity contribution >= 4 is 11.9 Å². The van der Waals surface area contributed by atoms with E-state index in [9.17, 15) is 9.59 Å². The molecule has 0 aliphatic heterocycles. The minimum atomic E-state index is -1.01. The number of carboxylic acids is 2. The molecule has 0 aliphatic carbocycles. The van der Waals surface area contributed by atoms with Gasteiger partial charge in [0.2, 0.25) is 0 Å². The van der Waals surface area contributed by atoms with Crippen molar-refractivity contribution in [1.82, 2.24) is 0 Å². The Morgan fingerprint density at radius 3 is 1.46 bits per heavy atom. The standard InChI is InChI=1S/C10H12O3.C9H10O4/c1-2-8-3-5-9(6-4-8)13-7-10(11)12;10-5-7-1-3-8(4-2-7)13-6-9(11)12/h3-6H,2,7H2,1H3,(H,11,12);1-4,10H,5-6H2,(H,11,12). The fraction of sp³-hybridized carbons (Fsp3) is 0.263. The Kier molecular flexibility index (Phi) is 9.27. The van der Waals surface area contributed by atoms with Gasteiger partial charge in [-0.3, -0.25) is 0 Å². The van der Waals surface area contributed by atoms with Crippen LogP contribution in [0.3, 0.4) is 0 Å². The fourth-order valence-electron chi connectivity index (χ4n) is 1.80. The maximum absolute atomic E-state index is 10.2. The van der Waals surface area contributed by atoms with Gasteiger partial charge in [0, 0.05) is 0 Å². The Morgan fingerprint density at radius 1 is 0.769 bits per heavy atom. The molecule has 0 heterocycles. The number of hydrogen-bond acceptors (Lipinski definition) is 5. The summed E-state index contributed by atoms with van der Waals surface area (Å²) in [5, 5.41) is 25.4. The Labute approximate surface area is 151 Å². The lowest BCUT2D eigenvalue weighted by Gasteiger charge is -2.03. The SMILES string of the molecule is CCc1ccc(OCC(=O)O)cc1.O=C(O)COc1ccc(CO)cc1. The van der Waals surface area contributed by atoms with Crippen LogP contribution in [0, 0.1) is 0 Å². The van der Waals surface area contributed by atoms with E-state index >= 15 is 0 Å². The van der Waals surface area contributed by atoms with E-state index < -0.39 is 11.9 Å². The van der Waals surface area contributed by atoms with E-state index in [1.54, 1.807) is 36.4 Å². The first-order chi connectivity index (χ1) is 12.4. The van der Waals surface area contributed by atoms with Crippen molar-refractivity contribution in [2.24, 2.45) is 0 Å².